The van der Waals surface area contributed by atoms with Gasteiger partial charge in [-0.2, -0.15) is 0 Å². The van der Waals surface area contributed by atoms with Crippen molar-refractivity contribution in [2.24, 2.45) is 0 Å². The van der Waals surface area contributed by atoms with Crippen LogP contribution in [0.5, 0.6) is 0 Å². The molecule has 0 aromatic carbocycles. The maximum absolute atomic E-state index is 11.9. The summed E-state index contributed by atoms with van der Waals surface area (Å²) in [5, 5.41) is 18.4. The van der Waals surface area contributed by atoms with Gasteiger partial charge in [-0.1, -0.05) is 0 Å². The Balaban J connectivity index is 2.12. The third kappa shape index (κ3) is 1.97. The van der Waals surface area contributed by atoms with Gasteiger partial charge in [-0.15, -0.1) is 0 Å². The Kier molecular flexibility index (Phi) is 3.13. The van der Waals surface area contributed by atoms with Crippen LogP contribution in [0.4, 0.5) is 0 Å². The molecule has 0 saturated carbocycles. The number of H-pyrrole nitrogens is 1. The van der Waals surface area contributed by atoms with Crippen molar-refractivity contribution < 1.29 is 24.6 Å². The average molecular weight is 290 g/mol. The zero-order valence-electron chi connectivity index (χ0n) is 11.1. The van der Waals surface area contributed by atoms with Crippen LogP contribution >= 0.6 is 0 Å². The van der Waals surface area contributed by atoms with Gasteiger partial charge in [0.1, 0.15) is 11.7 Å². The fourth-order valence-electron chi connectivity index (χ4n) is 2.93. The summed E-state index contributed by atoms with van der Waals surface area (Å²) in [6.45, 7) is 0.237. The van der Waals surface area contributed by atoms with Crippen LogP contribution in [0.3, 0.4) is 0 Å². The Morgan fingerprint density at radius 2 is 2.19 bits per heavy atom. The van der Waals surface area contributed by atoms with Crippen molar-refractivity contribution in [2.75, 3.05) is 13.2 Å². The lowest BCUT2D eigenvalue weighted by atomic mass is 9.88. The first-order chi connectivity index (χ1) is 10.0. The van der Waals surface area contributed by atoms with E-state index in [2.05, 4.69) is 4.98 Å². The van der Waals surface area contributed by atoms with Gasteiger partial charge in [0, 0.05) is 37.4 Å². The number of carbonyl (C=O) groups excluding carboxylic acids is 2. The first-order valence-electron chi connectivity index (χ1n) is 6.66. The SMILES string of the molecule is O=C1C=C2c3c(c[nH]c3C1=O)C[C@@H](C(=O)O)N2CCCO. The van der Waals surface area contributed by atoms with E-state index in [1.54, 1.807) is 11.1 Å². The number of nitrogens with zero attached hydrogens (tertiary/aromatic N) is 1. The molecule has 7 heteroatoms. The first-order valence-corrected chi connectivity index (χ1v) is 6.66. The van der Waals surface area contributed by atoms with E-state index in [1.165, 1.54) is 6.08 Å². The molecule has 110 valence electrons. The molecule has 1 aliphatic carbocycles. The van der Waals surface area contributed by atoms with Crippen LogP contribution in [0.1, 0.15) is 28.0 Å². The predicted octanol–water partition coefficient (Wildman–Crippen LogP) is -0.185. The number of aliphatic carboxylic acids is 1. The van der Waals surface area contributed by atoms with Gasteiger partial charge in [0.2, 0.25) is 11.6 Å². The summed E-state index contributed by atoms with van der Waals surface area (Å²) in [5.74, 6) is -2.26. The number of carboxylic acids is 1. The molecule has 0 saturated heterocycles. The number of allylic oxidation sites excluding steroid dienone is 1. The number of aromatic nitrogens is 1. The van der Waals surface area contributed by atoms with Crippen molar-refractivity contribution in [3.63, 3.8) is 0 Å². The lowest BCUT2D eigenvalue weighted by Gasteiger charge is -2.38. The third-order valence-corrected chi connectivity index (χ3v) is 3.88. The van der Waals surface area contributed by atoms with Crippen LogP contribution in [0.15, 0.2) is 12.3 Å². The molecule has 0 radical (unpaired) electrons. The monoisotopic (exact) mass is 290 g/mol. The van der Waals surface area contributed by atoms with Gasteiger partial charge in [0.25, 0.3) is 0 Å². The molecule has 1 atom stereocenters. The molecule has 0 bridgehead atoms. The number of carboxylic acid groups (broad SMARTS) is 1. The fourth-order valence-corrected chi connectivity index (χ4v) is 2.93. The van der Waals surface area contributed by atoms with Crippen LogP contribution < -0.4 is 0 Å². The molecule has 3 rings (SSSR count). The Labute approximate surface area is 119 Å². The van der Waals surface area contributed by atoms with Gasteiger partial charge >= 0.3 is 5.97 Å². The van der Waals surface area contributed by atoms with E-state index >= 15 is 0 Å². The third-order valence-electron chi connectivity index (χ3n) is 3.88. The minimum Gasteiger partial charge on any atom is -0.480 e. The lowest BCUT2D eigenvalue weighted by molar-refractivity contribution is -0.142. The highest BCUT2D eigenvalue weighted by molar-refractivity contribution is 6.50. The second-order valence-corrected chi connectivity index (χ2v) is 5.12. The number of rotatable bonds is 4. The number of hydrogen-bond donors (Lipinski definition) is 3. The molecule has 0 unspecified atom stereocenters. The quantitative estimate of drug-likeness (QED) is 0.663. The summed E-state index contributed by atoms with van der Waals surface area (Å²) in [7, 11) is 0. The molecule has 0 fully saturated rings. The zero-order valence-corrected chi connectivity index (χ0v) is 11.1. The smallest absolute Gasteiger partial charge is 0.326 e. The number of aromatic amines is 1. The molecule has 7 nitrogen and oxygen atoms in total. The van der Waals surface area contributed by atoms with Crippen LogP contribution in [0.25, 0.3) is 5.70 Å². The highest BCUT2D eigenvalue weighted by Crippen LogP contribution is 2.37. The summed E-state index contributed by atoms with van der Waals surface area (Å²) in [4.78, 5) is 39.5. The number of aliphatic hydroxyl groups is 1. The maximum atomic E-state index is 11.9. The maximum Gasteiger partial charge on any atom is 0.326 e. The first kappa shape index (κ1) is 13.6. The van der Waals surface area contributed by atoms with E-state index < -0.39 is 23.6 Å². The summed E-state index contributed by atoms with van der Waals surface area (Å²) in [6.07, 6.45) is 3.44. The predicted molar refractivity (Wildman–Crippen MR) is 71.6 cm³/mol. The molecule has 0 spiro atoms. The summed E-state index contributed by atoms with van der Waals surface area (Å²) in [5.41, 5.74) is 2.03. The van der Waals surface area contributed by atoms with Crippen molar-refractivity contribution in [3.8, 4) is 0 Å². The molecule has 1 aromatic heterocycles. The standard InChI is InChI=1S/C14H14N2O5/c17-3-1-2-16-8-5-10(18)13(19)12-11(8)7(6-15-12)4-9(16)14(20)21/h5-6,9,15,17H,1-4H2,(H,20,21)/t9-/m0/s1. The molecule has 0 amide bonds. The van der Waals surface area contributed by atoms with Gasteiger partial charge in [0.15, 0.2) is 0 Å². The van der Waals surface area contributed by atoms with Gasteiger partial charge in [-0.25, -0.2) is 4.79 Å². The van der Waals surface area contributed by atoms with E-state index in [0.29, 0.717) is 24.2 Å². The van der Waals surface area contributed by atoms with E-state index in [9.17, 15) is 19.5 Å². The number of carbonyl (C=O) groups is 3. The summed E-state index contributed by atoms with van der Waals surface area (Å²) in [6, 6.07) is -0.806. The Morgan fingerprint density at radius 3 is 2.86 bits per heavy atom. The van der Waals surface area contributed by atoms with E-state index in [0.717, 1.165) is 5.56 Å². The molecule has 21 heavy (non-hydrogen) atoms. The normalized spacial score (nSPS) is 20.3. The second-order valence-electron chi connectivity index (χ2n) is 5.12. The Bertz CT molecular complexity index is 673. The highest BCUT2D eigenvalue weighted by atomic mass is 16.4. The second kappa shape index (κ2) is 4.85. The molecular formula is C14H14N2O5. The van der Waals surface area contributed by atoms with Gasteiger partial charge in [0.05, 0.1) is 5.70 Å². The van der Waals surface area contributed by atoms with Crippen molar-refractivity contribution in [3.05, 3.63) is 29.1 Å². The van der Waals surface area contributed by atoms with E-state index in [1.807, 2.05) is 0 Å². The number of aliphatic hydroxyl groups excluding tert-OH is 1. The molecular weight excluding hydrogens is 276 g/mol. The number of ketones is 2. The summed E-state index contributed by atoms with van der Waals surface area (Å²) >= 11 is 0. The molecule has 2 aliphatic rings. The molecule has 1 aromatic rings. The Morgan fingerprint density at radius 1 is 1.43 bits per heavy atom. The lowest BCUT2D eigenvalue weighted by Crippen LogP contribution is -2.46. The van der Waals surface area contributed by atoms with Crippen LogP contribution in [0.2, 0.25) is 0 Å². The molecule has 3 N–H and O–H groups in total. The number of hydrogen-bond acceptors (Lipinski definition) is 5. The van der Waals surface area contributed by atoms with Crippen LogP contribution in [0, 0.1) is 0 Å². The number of nitrogens with one attached hydrogen (secondary N) is 1. The van der Waals surface area contributed by atoms with Crippen molar-refractivity contribution in [2.45, 2.75) is 18.9 Å². The van der Waals surface area contributed by atoms with Crippen LogP contribution in [-0.4, -0.2) is 56.8 Å². The molecule has 2 heterocycles. The molecule has 1 aliphatic heterocycles. The topological polar surface area (TPSA) is 111 Å². The minimum absolute atomic E-state index is 0.0736. The zero-order chi connectivity index (χ0) is 15.1. The number of Topliss-reactive ketones (excluding diaryl/α,β-unsaturated/α-hetero) is 1. The Hall–Kier alpha value is -2.41. The van der Waals surface area contributed by atoms with Crippen molar-refractivity contribution in [1.29, 1.82) is 0 Å². The highest BCUT2D eigenvalue weighted by Gasteiger charge is 2.40. The van der Waals surface area contributed by atoms with E-state index in [4.69, 9.17) is 5.11 Å². The van der Waals surface area contributed by atoms with Crippen LogP contribution in [-0.2, 0) is 16.0 Å². The average Bonchev–Trinajstić information content (AvgIpc) is 2.87. The summed E-state index contributed by atoms with van der Waals surface area (Å²) < 4.78 is 0. The fraction of sp³-hybridized carbons (Fsp3) is 0.357. The largest absolute Gasteiger partial charge is 0.480 e. The van der Waals surface area contributed by atoms with Gasteiger partial charge < -0.3 is 20.1 Å². The van der Waals surface area contributed by atoms with Crippen molar-refractivity contribution in [1.82, 2.24) is 9.88 Å². The van der Waals surface area contributed by atoms with Gasteiger partial charge in [-0.05, 0) is 12.0 Å². The van der Waals surface area contributed by atoms with Crippen molar-refractivity contribution >= 4 is 23.2 Å². The van der Waals surface area contributed by atoms with Gasteiger partial charge in [-0.3, -0.25) is 9.59 Å². The van der Waals surface area contributed by atoms with E-state index in [-0.39, 0.29) is 18.7 Å². The minimum atomic E-state index is -0.994.